The highest BCUT2D eigenvalue weighted by molar-refractivity contribution is 6.29. The number of nitrogens with zero attached hydrogens (tertiary/aromatic N) is 3. The molecule has 1 aromatic carbocycles. The van der Waals surface area contributed by atoms with Crippen LogP contribution in [-0.2, 0) is 0 Å². The fourth-order valence-corrected chi connectivity index (χ4v) is 3.83. The third kappa shape index (κ3) is 4.29. The van der Waals surface area contributed by atoms with Crippen LogP contribution in [0.3, 0.4) is 0 Å². The van der Waals surface area contributed by atoms with E-state index in [1.54, 1.807) is 26.0 Å². The van der Waals surface area contributed by atoms with Crippen molar-refractivity contribution in [3.05, 3.63) is 86.3 Å². The Labute approximate surface area is 198 Å². The number of rotatable bonds is 5. The summed E-state index contributed by atoms with van der Waals surface area (Å²) in [7, 11) is 0. The van der Waals surface area contributed by atoms with E-state index in [0.717, 1.165) is 11.8 Å². The molecule has 0 saturated heterocycles. The Hall–Kier alpha value is -3.98. The van der Waals surface area contributed by atoms with Crippen molar-refractivity contribution in [3.63, 3.8) is 0 Å². The number of oxime groups is 1. The van der Waals surface area contributed by atoms with Gasteiger partial charge >= 0.3 is 0 Å². The van der Waals surface area contributed by atoms with Crippen LogP contribution in [0.25, 0.3) is 22.3 Å². The van der Waals surface area contributed by atoms with Crippen LogP contribution < -0.4 is 15.9 Å². The molecule has 4 rings (SSSR count). The Kier molecular flexibility index (Phi) is 6.21. The topological polar surface area (TPSA) is 124 Å². The first-order valence-electron chi connectivity index (χ1n) is 10.2. The summed E-state index contributed by atoms with van der Waals surface area (Å²) in [6.07, 6.45) is 1.85. The summed E-state index contributed by atoms with van der Waals surface area (Å²) in [6, 6.07) is 7.85. The molecule has 0 aliphatic heterocycles. The number of pyridine rings is 2. The average Bonchev–Trinajstić information content (AvgIpc) is 2.81. The second-order valence-electron chi connectivity index (χ2n) is 7.73. The Bertz CT molecular complexity index is 1500. The van der Waals surface area contributed by atoms with Crippen molar-refractivity contribution >= 4 is 28.4 Å². The summed E-state index contributed by atoms with van der Waals surface area (Å²) >= 11 is 5.95. The summed E-state index contributed by atoms with van der Waals surface area (Å²) in [4.78, 5) is 21.1. The van der Waals surface area contributed by atoms with Crippen molar-refractivity contribution < 1.29 is 18.8 Å². The molecule has 0 unspecified atom stereocenters. The lowest BCUT2D eigenvalue weighted by atomic mass is 10.00. The molecule has 8 nitrogen and oxygen atoms in total. The van der Waals surface area contributed by atoms with Crippen LogP contribution in [0.15, 0.2) is 57.1 Å². The molecular weight excluding hydrogens is 463 g/mol. The minimum Gasteiger partial charge on any atom is -0.483 e. The smallest absolute Gasteiger partial charge is 0.196 e. The van der Waals surface area contributed by atoms with Crippen molar-refractivity contribution in [2.24, 2.45) is 10.9 Å². The number of fused-ring (bicyclic) bond motifs is 1. The first kappa shape index (κ1) is 23.2. The highest BCUT2D eigenvalue weighted by Gasteiger charge is 2.22. The molecule has 3 aromatic heterocycles. The predicted octanol–water partition coefficient (Wildman–Crippen LogP) is 4.89. The zero-order valence-electron chi connectivity index (χ0n) is 18.5. The van der Waals surface area contributed by atoms with Gasteiger partial charge in [-0.25, -0.2) is 9.37 Å². The van der Waals surface area contributed by atoms with Gasteiger partial charge in [-0.05, 0) is 56.7 Å². The largest absolute Gasteiger partial charge is 0.483 e. The predicted molar refractivity (Wildman–Crippen MR) is 126 cm³/mol. The number of benzene rings is 1. The lowest BCUT2D eigenvalue weighted by Crippen LogP contribution is -2.18. The number of amidine groups is 1. The van der Waals surface area contributed by atoms with E-state index in [0.29, 0.717) is 27.7 Å². The molecule has 0 spiro atoms. The first-order chi connectivity index (χ1) is 16.2. The van der Waals surface area contributed by atoms with Crippen molar-refractivity contribution in [1.29, 1.82) is 0 Å². The van der Waals surface area contributed by atoms with Crippen LogP contribution in [0.2, 0.25) is 5.15 Å². The standard InChI is InChI=1S/C24H20ClFN4O4/c1-11-6-16(13(3)33-18-4-5-19(25)29-20(18)24(27)30-32)23-17(7-11)21(31)12(2)22(34-23)14-8-15(26)10-28-9-14/h4-10,13,32H,1-3H3,(H2,27,30)/t13-/m1/s1. The van der Waals surface area contributed by atoms with Gasteiger partial charge in [-0.1, -0.05) is 16.8 Å². The molecule has 0 aliphatic rings. The van der Waals surface area contributed by atoms with Crippen LogP contribution in [-0.4, -0.2) is 21.0 Å². The molecule has 0 fully saturated rings. The lowest BCUT2D eigenvalue weighted by Gasteiger charge is -2.19. The Balaban J connectivity index is 1.89. The maximum absolute atomic E-state index is 13.8. The molecule has 0 saturated carbocycles. The van der Waals surface area contributed by atoms with Gasteiger partial charge < -0.3 is 20.1 Å². The highest BCUT2D eigenvalue weighted by atomic mass is 35.5. The van der Waals surface area contributed by atoms with E-state index in [4.69, 9.17) is 31.7 Å². The number of aromatic nitrogens is 2. The van der Waals surface area contributed by atoms with E-state index in [2.05, 4.69) is 15.1 Å². The molecule has 10 heteroatoms. The zero-order valence-corrected chi connectivity index (χ0v) is 19.2. The molecule has 34 heavy (non-hydrogen) atoms. The molecule has 1 atom stereocenters. The van der Waals surface area contributed by atoms with Gasteiger partial charge in [-0.2, -0.15) is 0 Å². The van der Waals surface area contributed by atoms with E-state index in [-0.39, 0.29) is 33.6 Å². The summed E-state index contributed by atoms with van der Waals surface area (Å²) in [5.74, 6) is -0.397. The van der Waals surface area contributed by atoms with Gasteiger partial charge in [-0.3, -0.25) is 9.78 Å². The molecule has 0 aliphatic carbocycles. The second-order valence-corrected chi connectivity index (χ2v) is 8.12. The van der Waals surface area contributed by atoms with Crippen LogP contribution >= 0.6 is 11.6 Å². The zero-order chi connectivity index (χ0) is 24.6. The lowest BCUT2D eigenvalue weighted by molar-refractivity contribution is 0.225. The van der Waals surface area contributed by atoms with E-state index in [1.807, 2.05) is 13.0 Å². The molecule has 3 N–H and O–H groups in total. The van der Waals surface area contributed by atoms with Gasteiger partial charge in [-0.15, -0.1) is 0 Å². The Morgan fingerprint density at radius 1 is 1.26 bits per heavy atom. The van der Waals surface area contributed by atoms with Crippen LogP contribution in [0.5, 0.6) is 5.75 Å². The Morgan fingerprint density at radius 3 is 2.74 bits per heavy atom. The number of hydrogen-bond acceptors (Lipinski definition) is 7. The Morgan fingerprint density at radius 2 is 2.03 bits per heavy atom. The number of aryl methyl sites for hydroxylation is 1. The summed E-state index contributed by atoms with van der Waals surface area (Å²) in [5, 5.41) is 12.6. The van der Waals surface area contributed by atoms with Crippen LogP contribution in [0, 0.1) is 19.7 Å². The molecule has 0 bridgehead atoms. The number of hydrogen-bond donors (Lipinski definition) is 2. The molecule has 0 amide bonds. The molecule has 3 heterocycles. The number of ether oxygens (including phenoxy) is 1. The minimum absolute atomic E-state index is 0.0580. The number of halogens is 2. The third-order valence-corrected chi connectivity index (χ3v) is 5.49. The first-order valence-corrected chi connectivity index (χ1v) is 10.6. The molecule has 4 aromatic rings. The van der Waals surface area contributed by atoms with Crippen LogP contribution in [0.4, 0.5) is 4.39 Å². The van der Waals surface area contributed by atoms with Crippen molar-refractivity contribution in [2.75, 3.05) is 0 Å². The van der Waals surface area contributed by atoms with Crippen molar-refractivity contribution in [3.8, 4) is 17.1 Å². The summed E-state index contributed by atoms with van der Waals surface area (Å²) in [6.45, 7) is 5.22. The fourth-order valence-electron chi connectivity index (χ4n) is 3.68. The quantitative estimate of drug-likeness (QED) is 0.136. The molecular formula is C24H20ClFN4O4. The van der Waals surface area contributed by atoms with Crippen molar-refractivity contribution in [2.45, 2.75) is 26.9 Å². The van der Waals surface area contributed by atoms with Crippen molar-refractivity contribution in [1.82, 2.24) is 9.97 Å². The van der Waals surface area contributed by atoms with Gasteiger partial charge in [0.1, 0.15) is 34.2 Å². The van der Waals surface area contributed by atoms with E-state index in [1.165, 1.54) is 18.3 Å². The van der Waals surface area contributed by atoms with Gasteiger partial charge in [0, 0.05) is 22.9 Å². The maximum atomic E-state index is 13.8. The minimum atomic E-state index is -0.653. The van der Waals surface area contributed by atoms with E-state index >= 15 is 0 Å². The molecule has 0 radical (unpaired) electrons. The van der Waals surface area contributed by atoms with Crippen LogP contribution in [0.1, 0.15) is 35.4 Å². The van der Waals surface area contributed by atoms with E-state index < -0.39 is 11.9 Å². The summed E-state index contributed by atoms with van der Waals surface area (Å²) in [5.41, 5.74) is 7.89. The van der Waals surface area contributed by atoms with Gasteiger partial charge in [0.2, 0.25) is 0 Å². The maximum Gasteiger partial charge on any atom is 0.196 e. The van der Waals surface area contributed by atoms with Gasteiger partial charge in [0.05, 0.1) is 11.6 Å². The highest BCUT2D eigenvalue weighted by Crippen LogP contribution is 2.33. The number of nitrogens with two attached hydrogens (primary N) is 1. The monoisotopic (exact) mass is 482 g/mol. The second kappa shape index (κ2) is 9.11. The normalized spacial score (nSPS) is 12.7. The summed E-state index contributed by atoms with van der Waals surface area (Å²) < 4.78 is 26.1. The van der Waals surface area contributed by atoms with Gasteiger partial charge in [0.15, 0.2) is 17.0 Å². The third-order valence-electron chi connectivity index (χ3n) is 5.28. The molecule has 174 valence electrons. The average molecular weight is 483 g/mol. The van der Waals surface area contributed by atoms with E-state index in [9.17, 15) is 9.18 Å². The fraction of sp³-hybridized carbons (Fsp3) is 0.167. The van der Waals surface area contributed by atoms with Gasteiger partial charge in [0.25, 0.3) is 0 Å². The SMILES string of the molecule is Cc1cc([C@@H](C)Oc2ccc(Cl)nc2C(N)=NO)c2oc(-c3cncc(F)c3)c(C)c(=O)c2c1.